The smallest absolute Gasteiger partial charge is 0.336 e. The van der Waals surface area contributed by atoms with Crippen LogP contribution in [0.25, 0.3) is 11.0 Å². The molecule has 2 aromatic rings. The van der Waals surface area contributed by atoms with Gasteiger partial charge in [-0.05, 0) is 49.7 Å². The third-order valence-corrected chi connectivity index (χ3v) is 3.90. The predicted octanol–water partition coefficient (Wildman–Crippen LogP) is 2.87. The fourth-order valence-electron chi connectivity index (χ4n) is 2.88. The Morgan fingerprint density at radius 3 is 2.60 bits per heavy atom. The number of rotatable bonds is 2. The number of nitrogens with zero attached hydrogens (tertiary/aromatic N) is 1. The van der Waals surface area contributed by atoms with Crippen molar-refractivity contribution in [3.8, 4) is 5.75 Å². The van der Waals surface area contributed by atoms with Crippen molar-refractivity contribution >= 4 is 11.0 Å². The summed E-state index contributed by atoms with van der Waals surface area (Å²) in [4.78, 5) is 14.0. The molecule has 2 heterocycles. The van der Waals surface area contributed by atoms with E-state index in [1.54, 1.807) is 24.3 Å². The molecule has 1 aliphatic rings. The van der Waals surface area contributed by atoms with Crippen LogP contribution in [0.15, 0.2) is 33.5 Å². The lowest BCUT2D eigenvalue weighted by atomic mass is 10.1. The minimum absolute atomic E-state index is 0.198. The standard InChI is InChI=1S/C16H19NO3/c18-13-5-6-15-14(10-13)12(9-16(19)20-15)11-17-7-3-1-2-4-8-17/h5-6,9-10,18H,1-4,7-8,11H2. The first-order valence-corrected chi connectivity index (χ1v) is 7.20. The topological polar surface area (TPSA) is 53.7 Å². The molecule has 1 aliphatic heterocycles. The van der Waals surface area contributed by atoms with E-state index in [2.05, 4.69) is 4.90 Å². The zero-order chi connectivity index (χ0) is 13.9. The van der Waals surface area contributed by atoms with Gasteiger partial charge >= 0.3 is 5.63 Å². The minimum Gasteiger partial charge on any atom is -0.508 e. The van der Waals surface area contributed by atoms with Gasteiger partial charge in [-0.15, -0.1) is 0 Å². The monoisotopic (exact) mass is 273 g/mol. The molecular weight excluding hydrogens is 254 g/mol. The number of phenolic OH excluding ortho intramolecular Hbond substituents is 1. The van der Waals surface area contributed by atoms with E-state index in [4.69, 9.17) is 4.42 Å². The molecule has 1 fully saturated rings. The van der Waals surface area contributed by atoms with Crippen LogP contribution in [0.1, 0.15) is 31.2 Å². The lowest BCUT2D eigenvalue weighted by Gasteiger charge is -2.20. The molecule has 1 aromatic carbocycles. The molecule has 1 N–H and O–H groups in total. The van der Waals surface area contributed by atoms with Crippen LogP contribution in [0.2, 0.25) is 0 Å². The zero-order valence-electron chi connectivity index (χ0n) is 11.5. The van der Waals surface area contributed by atoms with Gasteiger partial charge in [0.1, 0.15) is 11.3 Å². The van der Waals surface area contributed by atoms with Crippen LogP contribution < -0.4 is 5.63 Å². The first kappa shape index (κ1) is 13.2. The van der Waals surface area contributed by atoms with E-state index in [0.29, 0.717) is 5.58 Å². The summed E-state index contributed by atoms with van der Waals surface area (Å²) < 4.78 is 5.19. The number of phenols is 1. The molecule has 0 saturated carbocycles. The quantitative estimate of drug-likeness (QED) is 0.855. The number of hydrogen-bond acceptors (Lipinski definition) is 4. The molecule has 1 saturated heterocycles. The Balaban J connectivity index is 1.96. The Morgan fingerprint density at radius 2 is 1.85 bits per heavy atom. The molecule has 0 atom stereocenters. The average molecular weight is 273 g/mol. The van der Waals surface area contributed by atoms with Crippen LogP contribution in [0.3, 0.4) is 0 Å². The Labute approximate surface area is 117 Å². The van der Waals surface area contributed by atoms with Gasteiger partial charge in [-0.25, -0.2) is 4.79 Å². The molecule has 0 radical (unpaired) electrons. The second kappa shape index (κ2) is 5.67. The number of benzene rings is 1. The van der Waals surface area contributed by atoms with Crippen LogP contribution in [-0.4, -0.2) is 23.1 Å². The van der Waals surface area contributed by atoms with Crippen molar-refractivity contribution in [1.29, 1.82) is 0 Å². The van der Waals surface area contributed by atoms with Crippen LogP contribution >= 0.6 is 0 Å². The fourth-order valence-corrected chi connectivity index (χ4v) is 2.88. The third-order valence-electron chi connectivity index (χ3n) is 3.90. The second-order valence-electron chi connectivity index (χ2n) is 5.46. The molecule has 0 spiro atoms. The van der Waals surface area contributed by atoms with E-state index in [1.807, 2.05) is 0 Å². The fraction of sp³-hybridized carbons (Fsp3) is 0.438. The molecule has 3 rings (SSSR count). The van der Waals surface area contributed by atoms with Crippen LogP contribution in [0, 0.1) is 0 Å². The number of aromatic hydroxyl groups is 1. The highest BCUT2D eigenvalue weighted by Gasteiger charge is 2.13. The Hall–Kier alpha value is -1.81. The van der Waals surface area contributed by atoms with Crippen molar-refractivity contribution in [1.82, 2.24) is 4.90 Å². The summed E-state index contributed by atoms with van der Waals surface area (Å²) in [6, 6.07) is 6.41. The largest absolute Gasteiger partial charge is 0.508 e. The lowest BCUT2D eigenvalue weighted by Crippen LogP contribution is -2.24. The van der Waals surface area contributed by atoms with E-state index in [0.717, 1.165) is 30.6 Å². The van der Waals surface area contributed by atoms with Crippen molar-refractivity contribution in [2.45, 2.75) is 32.2 Å². The van der Waals surface area contributed by atoms with Crippen LogP contribution in [0.4, 0.5) is 0 Å². The van der Waals surface area contributed by atoms with Crippen LogP contribution in [-0.2, 0) is 6.54 Å². The number of likely N-dealkylation sites (tertiary alicyclic amines) is 1. The van der Waals surface area contributed by atoms with E-state index in [9.17, 15) is 9.90 Å². The van der Waals surface area contributed by atoms with Gasteiger partial charge in [-0.3, -0.25) is 4.90 Å². The second-order valence-corrected chi connectivity index (χ2v) is 5.46. The summed E-state index contributed by atoms with van der Waals surface area (Å²) in [6.45, 7) is 2.88. The van der Waals surface area contributed by atoms with Crippen molar-refractivity contribution in [2.24, 2.45) is 0 Å². The maximum atomic E-state index is 11.7. The summed E-state index contributed by atoms with van der Waals surface area (Å²) >= 11 is 0. The molecule has 0 unspecified atom stereocenters. The third kappa shape index (κ3) is 2.85. The molecule has 0 aliphatic carbocycles. The molecule has 1 aromatic heterocycles. The maximum Gasteiger partial charge on any atom is 0.336 e. The molecular formula is C16H19NO3. The number of hydrogen-bond donors (Lipinski definition) is 1. The highest BCUT2D eigenvalue weighted by molar-refractivity contribution is 5.81. The van der Waals surface area contributed by atoms with Gasteiger partial charge in [-0.2, -0.15) is 0 Å². The van der Waals surface area contributed by atoms with Gasteiger partial charge in [-0.1, -0.05) is 12.8 Å². The van der Waals surface area contributed by atoms with Crippen molar-refractivity contribution in [3.63, 3.8) is 0 Å². The summed E-state index contributed by atoms with van der Waals surface area (Å²) in [5.41, 5.74) is 1.15. The molecule has 4 heteroatoms. The Bertz CT molecular complexity index is 654. The lowest BCUT2D eigenvalue weighted by molar-refractivity contribution is 0.277. The van der Waals surface area contributed by atoms with Gasteiger partial charge < -0.3 is 9.52 Å². The van der Waals surface area contributed by atoms with Gasteiger partial charge in [0, 0.05) is 18.0 Å². The van der Waals surface area contributed by atoms with Crippen molar-refractivity contribution < 1.29 is 9.52 Å². The van der Waals surface area contributed by atoms with Gasteiger partial charge in [0.25, 0.3) is 0 Å². The average Bonchev–Trinajstić information content (AvgIpc) is 2.68. The molecule has 0 bridgehead atoms. The van der Waals surface area contributed by atoms with Gasteiger partial charge in [0.05, 0.1) is 0 Å². The zero-order valence-corrected chi connectivity index (χ0v) is 11.5. The highest BCUT2D eigenvalue weighted by Crippen LogP contribution is 2.23. The predicted molar refractivity (Wildman–Crippen MR) is 77.9 cm³/mol. The van der Waals surface area contributed by atoms with Crippen molar-refractivity contribution in [3.05, 3.63) is 40.2 Å². The van der Waals surface area contributed by atoms with Crippen LogP contribution in [0.5, 0.6) is 5.75 Å². The van der Waals surface area contributed by atoms with E-state index < -0.39 is 0 Å². The SMILES string of the molecule is O=c1cc(CN2CCCCCC2)c2cc(O)ccc2o1. The van der Waals surface area contributed by atoms with Gasteiger partial charge in [0.15, 0.2) is 0 Å². The highest BCUT2D eigenvalue weighted by atomic mass is 16.4. The summed E-state index contributed by atoms with van der Waals surface area (Å²) in [5, 5.41) is 10.5. The van der Waals surface area contributed by atoms with E-state index in [1.165, 1.54) is 25.7 Å². The van der Waals surface area contributed by atoms with Gasteiger partial charge in [0.2, 0.25) is 0 Å². The normalized spacial score (nSPS) is 17.2. The maximum absolute atomic E-state index is 11.7. The summed E-state index contributed by atoms with van der Waals surface area (Å²) in [7, 11) is 0. The summed E-state index contributed by atoms with van der Waals surface area (Å²) in [6.07, 6.45) is 5.00. The van der Waals surface area contributed by atoms with E-state index in [-0.39, 0.29) is 11.4 Å². The summed E-state index contributed by atoms with van der Waals surface area (Å²) in [5.74, 6) is 0.198. The first-order chi connectivity index (χ1) is 9.72. The van der Waals surface area contributed by atoms with Crippen molar-refractivity contribution in [2.75, 3.05) is 13.1 Å². The van der Waals surface area contributed by atoms with E-state index >= 15 is 0 Å². The molecule has 0 amide bonds. The molecule has 4 nitrogen and oxygen atoms in total. The number of fused-ring (bicyclic) bond motifs is 1. The minimum atomic E-state index is -0.326. The molecule has 106 valence electrons. The molecule has 20 heavy (non-hydrogen) atoms. The Morgan fingerprint density at radius 1 is 1.10 bits per heavy atom. The Kier molecular flexibility index (Phi) is 3.74. The first-order valence-electron chi connectivity index (χ1n) is 7.20.